The first-order valence-electron chi connectivity index (χ1n) is 12.0. The fourth-order valence-corrected chi connectivity index (χ4v) is 4.33. The zero-order valence-corrected chi connectivity index (χ0v) is 19.9. The molecule has 0 bridgehead atoms. The summed E-state index contributed by atoms with van der Waals surface area (Å²) in [5, 5.41) is 0.770. The lowest BCUT2D eigenvalue weighted by molar-refractivity contribution is 0.0322. The molecule has 0 amide bonds. The summed E-state index contributed by atoms with van der Waals surface area (Å²) in [5.74, 6) is 0.414. The van der Waals surface area contributed by atoms with E-state index >= 15 is 0 Å². The minimum Gasteiger partial charge on any atom is -0.492 e. The maximum atomic E-state index is 13.3. The van der Waals surface area contributed by atoms with Crippen LogP contribution < -0.4 is 10.3 Å². The molecule has 7 heteroatoms. The number of ketones is 1. The van der Waals surface area contributed by atoms with Gasteiger partial charge in [-0.3, -0.25) is 19.5 Å². The topological polar surface area (TPSA) is 84.5 Å². The van der Waals surface area contributed by atoms with Crippen LogP contribution in [-0.2, 0) is 4.74 Å². The van der Waals surface area contributed by atoms with Crippen LogP contribution in [0.25, 0.3) is 28.1 Å². The van der Waals surface area contributed by atoms with Crippen molar-refractivity contribution in [2.75, 3.05) is 39.5 Å². The van der Waals surface area contributed by atoms with Crippen molar-refractivity contribution >= 4 is 22.8 Å². The van der Waals surface area contributed by atoms with Crippen molar-refractivity contribution in [3.63, 3.8) is 0 Å². The number of morpholine rings is 1. The zero-order chi connectivity index (χ0) is 24.7. The van der Waals surface area contributed by atoms with Gasteiger partial charge in [0.25, 0.3) is 5.56 Å². The number of carbonyl (C=O) groups is 1. The number of nitrogens with one attached hydrogen (secondary N) is 1. The van der Waals surface area contributed by atoms with E-state index in [0.717, 1.165) is 55.1 Å². The Morgan fingerprint density at radius 3 is 2.61 bits per heavy atom. The van der Waals surface area contributed by atoms with Crippen molar-refractivity contribution in [3.05, 3.63) is 101 Å². The minimum absolute atomic E-state index is 0.110. The Labute approximate surface area is 209 Å². The van der Waals surface area contributed by atoms with Gasteiger partial charge in [-0.1, -0.05) is 48.5 Å². The molecule has 2 aromatic heterocycles. The van der Waals surface area contributed by atoms with Crippen LogP contribution in [0.3, 0.4) is 0 Å². The average molecular weight is 482 g/mol. The standard InChI is InChI=1S/C29H27N3O4/c33-26(11-8-21-6-9-23(10-7-21)36-19-16-32-14-17-35-18-15-32)28-27(22-4-2-1-3-5-22)24-12-13-30-20-25(24)31-29(28)34/h1-13,20H,14-19H2,(H,31,34)/b11-8+. The number of aromatic amines is 1. The van der Waals surface area contributed by atoms with Crippen molar-refractivity contribution in [1.29, 1.82) is 0 Å². The van der Waals surface area contributed by atoms with Gasteiger partial charge in [-0.15, -0.1) is 0 Å². The molecule has 1 saturated heterocycles. The van der Waals surface area contributed by atoms with E-state index in [-0.39, 0.29) is 11.3 Å². The monoisotopic (exact) mass is 481 g/mol. The van der Waals surface area contributed by atoms with Crippen LogP contribution in [0.2, 0.25) is 0 Å². The Balaban J connectivity index is 1.33. The van der Waals surface area contributed by atoms with Crippen LogP contribution >= 0.6 is 0 Å². The molecule has 1 aliphatic heterocycles. The van der Waals surface area contributed by atoms with Crippen molar-refractivity contribution in [1.82, 2.24) is 14.9 Å². The predicted molar refractivity (Wildman–Crippen MR) is 140 cm³/mol. The van der Waals surface area contributed by atoms with Gasteiger partial charge in [0.1, 0.15) is 12.4 Å². The van der Waals surface area contributed by atoms with E-state index in [2.05, 4.69) is 14.9 Å². The first-order chi connectivity index (χ1) is 17.7. The normalized spacial score (nSPS) is 14.3. The Hall–Kier alpha value is -4.07. The van der Waals surface area contributed by atoms with E-state index in [4.69, 9.17) is 9.47 Å². The molecule has 1 fully saturated rings. The highest BCUT2D eigenvalue weighted by molar-refractivity contribution is 6.14. The first kappa shape index (κ1) is 23.7. The van der Waals surface area contributed by atoms with E-state index in [1.807, 2.05) is 60.7 Å². The maximum Gasteiger partial charge on any atom is 0.260 e. The molecule has 3 heterocycles. The van der Waals surface area contributed by atoms with E-state index in [0.29, 0.717) is 17.7 Å². The van der Waals surface area contributed by atoms with E-state index < -0.39 is 5.56 Å². The predicted octanol–water partition coefficient (Wildman–Crippen LogP) is 4.20. The Morgan fingerprint density at radius 2 is 1.83 bits per heavy atom. The Morgan fingerprint density at radius 1 is 1.06 bits per heavy atom. The third-order valence-electron chi connectivity index (χ3n) is 6.21. The van der Waals surface area contributed by atoms with E-state index in [1.54, 1.807) is 18.5 Å². The summed E-state index contributed by atoms with van der Waals surface area (Å²) in [5.41, 5.74) is 2.51. The third kappa shape index (κ3) is 5.43. The second kappa shape index (κ2) is 11.1. The molecule has 1 aliphatic rings. The molecule has 182 valence electrons. The Kier molecular flexibility index (Phi) is 7.30. The number of hydrogen-bond donors (Lipinski definition) is 1. The van der Waals surface area contributed by atoms with Crippen LogP contribution in [0.15, 0.2) is 83.9 Å². The average Bonchev–Trinajstić information content (AvgIpc) is 2.93. The lowest BCUT2D eigenvalue weighted by atomic mass is 9.94. The van der Waals surface area contributed by atoms with Gasteiger partial charge in [-0.05, 0) is 35.4 Å². The molecular formula is C29H27N3O4. The van der Waals surface area contributed by atoms with Gasteiger partial charge in [0, 0.05) is 36.8 Å². The van der Waals surface area contributed by atoms with Crippen LogP contribution in [0.5, 0.6) is 5.75 Å². The molecule has 0 radical (unpaired) electrons. The van der Waals surface area contributed by atoms with Crippen molar-refractivity contribution in [3.8, 4) is 16.9 Å². The number of hydrogen-bond acceptors (Lipinski definition) is 6. The summed E-state index contributed by atoms with van der Waals surface area (Å²) in [4.78, 5) is 35.5. The highest BCUT2D eigenvalue weighted by Gasteiger charge is 2.19. The molecule has 36 heavy (non-hydrogen) atoms. The van der Waals surface area contributed by atoms with E-state index in [9.17, 15) is 9.59 Å². The van der Waals surface area contributed by atoms with Crippen LogP contribution in [0.4, 0.5) is 0 Å². The number of nitrogens with zero attached hydrogens (tertiary/aromatic N) is 2. The van der Waals surface area contributed by atoms with Crippen LogP contribution in [0.1, 0.15) is 15.9 Å². The van der Waals surface area contributed by atoms with Crippen molar-refractivity contribution in [2.24, 2.45) is 0 Å². The highest BCUT2D eigenvalue weighted by Crippen LogP contribution is 2.29. The van der Waals surface area contributed by atoms with Gasteiger partial charge in [-0.2, -0.15) is 0 Å². The molecule has 2 aromatic carbocycles. The molecular weight excluding hydrogens is 454 g/mol. The number of aromatic nitrogens is 2. The van der Waals surface area contributed by atoms with Gasteiger partial charge < -0.3 is 14.5 Å². The van der Waals surface area contributed by atoms with Gasteiger partial charge in [-0.25, -0.2) is 0 Å². The van der Waals surface area contributed by atoms with E-state index in [1.165, 1.54) is 6.08 Å². The number of ether oxygens (including phenoxy) is 2. The fourth-order valence-electron chi connectivity index (χ4n) is 4.33. The first-order valence-corrected chi connectivity index (χ1v) is 12.0. The van der Waals surface area contributed by atoms with Gasteiger partial charge in [0.2, 0.25) is 0 Å². The summed E-state index contributed by atoms with van der Waals surface area (Å²) in [6.45, 7) is 4.88. The fraction of sp³-hybridized carbons (Fsp3) is 0.207. The van der Waals surface area contributed by atoms with Gasteiger partial charge in [0.05, 0.1) is 30.5 Å². The number of benzene rings is 2. The van der Waals surface area contributed by atoms with Crippen LogP contribution in [0, 0.1) is 0 Å². The molecule has 1 N–H and O–H groups in total. The molecule has 4 aromatic rings. The van der Waals surface area contributed by atoms with Gasteiger partial charge in [0.15, 0.2) is 5.78 Å². The maximum absolute atomic E-state index is 13.3. The lowest BCUT2D eigenvalue weighted by Crippen LogP contribution is -2.38. The second-order valence-electron chi connectivity index (χ2n) is 8.56. The third-order valence-corrected chi connectivity index (χ3v) is 6.21. The summed E-state index contributed by atoms with van der Waals surface area (Å²) < 4.78 is 11.2. The van der Waals surface area contributed by atoms with Crippen molar-refractivity contribution in [2.45, 2.75) is 0 Å². The molecule has 5 rings (SSSR count). The Bertz CT molecular complexity index is 1420. The number of rotatable bonds is 8. The summed E-state index contributed by atoms with van der Waals surface area (Å²) in [6.07, 6.45) is 6.41. The van der Waals surface area contributed by atoms with Crippen LogP contribution in [-0.4, -0.2) is 60.1 Å². The number of pyridine rings is 2. The highest BCUT2D eigenvalue weighted by atomic mass is 16.5. The summed E-state index contributed by atoms with van der Waals surface area (Å²) in [7, 11) is 0. The smallest absolute Gasteiger partial charge is 0.260 e. The summed E-state index contributed by atoms with van der Waals surface area (Å²) in [6, 6.07) is 18.8. The number of allylic oxidation sites excluding steroid dienone is 1. The number of fused-ring (bicyclic) bond motifs is 1. The second-order valence-corrected chi connectivity index (χ2v) is 8.56. The largest absolute Gasteiger partial charge is 0.492 e. The molecule has 0 unspecified atom stereocenters. The number of H-pyrrole nitrogens is 1. The molecule has 7 nitrogen and oxygen atoms in total. The quantitative estimate of drug-likeness (QED) is 0.300. The minimum atomic E-state index is -0.437. The lowest BCUT2D eigenvalue weighted by Gasteiger charge is -2.26. The number of carbonyl (C=O) groups excluding carboxylic acids is 1. The molecule has 0 spiro atoms. The SMILES string of the molecule is O=C(/C=C/c1ccc(OCCN2CCOCC2)cc1)c1c(-c2ccccc2)c2ccncc2[nH]c1=O. The summed E-state index contributed by atoms with van der Waals surface area (Å²) >= 11 is 0. The molecule has 0 aliphatic carbocycles. The van der Waals surface area contributed by atoms with Gasteiger partial charge >= 0.3 is 0 Å². The molecule has 0 saturated carbocycles. The molecule has 0 atom stereocenters. The van der Waals surface area contributed by atoms with Crippen molar-refractivity contribution < 1.29 is 14.3 Å². The zero-order valence-electron chi connectivity index (χ0n) is 19.9.